The van der Waals surface area contributed by atoms with Crippen molar-refractivity contribution in [3.8, 4) is 5.75 Å². The van der Waals surface area contributed by atoms with E-state index in [1.54, 1.807) is 0 Å². The second-order valence-corrected chi connectivity index (χ2v) is 8.50. The highest BCUT2D eigenvalue weighted by molar-refractivity contribution is 7.99. The molecule has 0 bridgehead atoms. The number of rotatable bonds is 8. The minimum Gasteiger partial charge on any atom is -0.486 e. The Hall–Kier alpha value is -1.93. The van der Waals surface area contributed by atoms with Crippen molar-refractivity contribution in [3.63, 3.8) is 0 Å². The van der Waals surface area contributed by atoms with Crippen LogP contribution >= 0.6 is 46.6 Å². The van der Waals surface area contributed by atoms with Gasteiger partial charge in [0.1, 0.15) is 12.4 Å². The van der Waals surface area contributed by atoms with Gasteiger partial charge in [-0.2, -0.15) is 0 Å². The Morgan fingerprint density at radius 3 is 2.63 bits per heavy atom. The molecule has 10 heteroatoms. The molecule has 0 saturated heterocycles. The molecular weight excluding hydrogens is 467 g/mol. The zero-order chi connectivity index (χ0) is 21.7. The summed E-state index contributed by atoms with van der Waals surface area (Å²) in [5, 5.41) is 12.7. The van der Waals surface area contributed by atoms with Crippen molar-refractivity contribution in [2.75, 3.05) is 11.1 Å². The van der Waals surface area contributed by atoms with Gasteiger partial charge in [0.2, 0.25) is 5.91 Å². The number of hydrogen-bond donors (Lipinski definition) is 1. The number of aryl methyl sites for hydroxylation is 1. The largest absolute Gasteiger partial charge is 0.486 e. The summed E-state index contributed by atoms with van der Waals surface area (Å²) in [7, 11) is 0. The number of aromatic nitrogens is 3. The van der Waals surface area contributed by atoms with Gasteiger partial charge >= 0.3 is 0 Å². The van der Waals surface area contributed by atoms with E-state index in [4.69, 9.17) is 39.5 Å². The number of nitrogens with zero attached hydrogens (tertiary/aromatic N) is 3. The predicted octanol–water partition coefficient (Wildman–Crippen LogP) is 5.88. The lowest BCUT2D eigenvalue weighted by molar-refractivity contribution is -0.113. The van der Waals surface area contributed by atoms with Gasteiger partial charge in [-0.1, -0.05) is 58.7 Å². The summed E-state index contributed by atoms with van der Waals surface area (Å²) in [6.45, 7) is 4.93. The molecule has 2 aromatic carbocycles. The van der Waals surface area contributed by atoms with Gasteiger partial charge in [-0.25, -0.2) is 0 Å². The molecule has 1 aromatic heterocycles. The molecule has 30 heavy (non-hydrogen) atoms. The zero-order valence-corrected chi connectivity index (χ0v) is 19.4. The van der Waals surface area contributed by atoms with Gasteiger partial charge in [-0.05, 0) is 43.7 Å². The molecule has 1 heterocycles. The molecule has 1 amide bonds. The average molecular weight is 486 g/mol. The number of anilines is 1. The van der Waals surface area contributed by atoms with Crippen molar-refractivity contribution in [2.24, 2.45) is 0 Å². The van der Waals surface area contributed by atoms with E-state index < -0.39 is 0 Å². The third-order valence-corrected chi connectivity index (χ3v) is 6.09. The standard InChI is InChI=1S/C20H19Cl3N4O2S/c1-3-27-18(10-29-13-6-4-5-12(2)7-13)25-26-20(27)30-11-19(28)24-17-9-15(22)14(21)8-16(17)23/h4-9H,3,10-11H2,1-2H3,(H,24,28). The lowest BCUT2D eigenvalue weighted by Gasteiger charge is -2.10. The summed E-state index contributed by atoms with van der Waals surface area (Å²) in [6.07, 6.45) is 0. The second kappa shape index (κ2) is 10.4. The van der Waals surface area contributed by atoms with Crippen LogP contribution in [0.25, 0.3) is 0 Å². The minimum absolute atomic E-state index is 0.132. The normalized spacial score (nSPS) is 10.8. The number of carbonyl (C=O) groups excluding carboxylic acids is 1. The molecule has 158 valence electrons. The Balaban J connectivity index is 1.60. The van der Waals surface area contributed by atoms with E-state index in [1.165, 1.54) is 23.9 Å². The minimum atomic E-state index is -0.247. The maximum Gasteiger partial charge on any atom is 0.234 e. The van der Waals surface area contributed by atoms with Crippen molar-refractivity contribution in [1.82, 2.24) is 14.8 Å². The number of thioether (sulfide) groups is 1. The molecule has 0 aliphatic rings. The van der Waals surface area contributed by atoms with Crippen LogP contribution in [-0.4, -0.2) is 26.4 Å². The molecule has 0 saturated carbocycles. The SMILES string of the molecule is CCn1c(COc2cccc(C)c2)nnc1SCC(=O)Nc1cc(Cl)c(Cl)cc1Cl. The summed E-state index contributed by atoms with van der Waals surface area (Å²) in [4.78, 5) is 12.3. The van der Waals surface area contributed by atoms with E-state index in [0.29, 0.717) is 38.3 Å². The molecule has 0 spiro atoms. The van der Waals surface area contributed by atoms with Gasteiger partial charge in [0, 0.05) is 6.54 Å². The van der Waals surface area contributed by atoms with Crippen LogP contribution in [0, 0.1) is 6.92 Å². The molecule has 3 aromatic rings. The van der Waals surface area contributed by atoms with Crippen LogP contribution in [0.15, 0.2) is 41.6 Å². The molecule has 3 rings (SSSR count). The number of halogens is 3. The number of benzene rings is 2. The van der Waals surface area contributed by atoms with Crippen molar-refractivity contribution < 1.29 is 9.53 Å². The van der Waals surface area contributed by atoms with Crippen LogP contribution in [0.2, 0.25) is 15.1 Å². The smallest absolute Gasteiger partial charge is 0.234 e. The lowest BCUT2D eigenvalue weighted by atomic mass is 10.2. The first-order chi connectivity index (χ1) is 14.4. The Labute approximate surface area is 193 Å². The van der Waals surface area contributed by atoms with Gasteiger partial charge < -0.3 is 14.6 Å². The van der Waals surface area contributed by atoms with Gasteiger partial charge in [-0.15, -0.1) is 10.2 Å². The lowest BCUT2D eigenvalue weighted by Crippen LogP contribution is -2.15. The maximum atomic E-state index is 12.3. The fraction of sp³-hybridized carbons (Fsp3) is 0.250. The van der Waals surface area contributed by atoms with Crippen molar-refractivity contribution >= 4 is 58.2 Å². The molecule has 0 fully saturated rings. The second-order valence-electron chi connectivity index (χ2n) is 6.33. The third kappa shape index (κ3) is 5.82. The van der Waals surface area contributed by atoms with Crippen LogP contribution in [0.5, 0.6) is 5.75 Å². The maximum absolute atomic E-state index is 12.3. The first-order valence-corrected chi connectivity index (χ1v) is 11.2. The molecule has 6 nitrogen and oxygen atoms in total. The molecule has 0 aliphatic heterocycles. The highest BCUT2D eigenvalue weighted by atomic mass is 35.5. The predicted molar refractivity (Wildman–Crippen MR) is 122 cm³/mol. The Bertz CT molecular complexity index is 1060. The molecular formula is C20H19Cl3N4O2S. The molecule has 0 atom stereocenters. The summed E-state index contributed by atoms with van der Waals surface area (Å²) >= 11 is 19.3. The Morgan fingerprint density at radius 1 is 1.13 bits per heavy atom. The van der Waals surface area contributed by atoms with Crippen molar-refractivity contribution in [1.29, 1.82) is 0 Å². The van der Waals surface area contributed by atoms with E-state index in [9.17, 15) is 4.79 Å². The molecule has 1 N–H and O–H groups in total. The van der Waals surface area contributed by atoms with E-state index >= 15 is 0 Å². The van der Waals surface area contributed by atoms with E-state index in [1.807, 2.05) is 42.7 Å². The number of carbonyl (C=O) groups is 1. The fourth-order valence-corrected chi connectivity index (χ4v) is 4.05. The topological polar surface area (TPSA) is 69.0 Å². The first-order valence-electron chi connectivity index (χ1n) is 9.06. The zero-order valence-electron chi connectivity index (χ0n) is 16.3. The van der Waals surface area contributed by atoms with Crippen LogP contribution < -0.4 is 10.1 Å². The highest BCUT2D eigenvalue weighted by Crippen LogP contribution is 2.32. The quantitative estimate of drug-likeness (QED) is 0.319. The molecule has 0 aliphatic carbocycles. The molecule has 0 unspecified atom stereocenters. The fourth-order valence-electron chi connectivity index (χ4n) is 2.64. The third-order valence-electron chi connectivity index (χ3n) is 4.08. The summed E-state index contributed by atoms with van der Waals surface area (Å²) in [5.41, 5.74) is 1.52. The summed E-state index contributed by atoms with van der Waals surface area (Å²) in [6, 6.07) is 10.8. The van der Waals surface area contributed by atoms with Gasteiger partial charge in [-0.3, -0.25) is 4.79 Å². The Morgan fingerprint density at radius 2 is 1.90 bits per heavy atom. The van der Waals surface area contributed by atoms with Gasteiger partial charge in [0.15, 0.2) is 11.0 Å². The van der Waals surface area contributed by atoms with Crippen LogP contribution in [0.3, 0.4) is 0 Å². The number of nitrogens with one attached hydrogen (secondary N) is 1. The Kier molecular flexibility index (Phi) is 7.88. The van der Waals surface area contributed by atoms with Crippen LogP contribution in [0.4, 0.5) is 5.69 Å². The monoisotopic (exact) mass is 484 g/mol. The van der Waals surface area contributed by atoms with E-state index in [-0.39, 0.29) is 18.3 Å². The van der Waals surface area contributed by atoms with Crippen LogP contribution in [-0.2, 0) is 17.9 Å². The number of amides is 1. The first kappa shape index (κ1) is 22.7. The van der Waals surface area contributed by atoms with E-state index in [0.717, 1.165) is 11.3 Å². The number of ether oxygens (including phenoxy) is 1. The van der Waals surface area contributed by atoms with Gasteiger partial charge in [0.25, 0.3) is 0 Å². The number of hydrogen-bond acceptors (Lipinski definition) is 5. The molecule has 0 radical (unpaired) electrons. The average Bonchev–Trinajstić information content (AvgIpc) is 3.11. The van der Waals surface area contributed by atoms with Crippen molar-refractivity contribution in [2.45, 2.75) is 32.2 Å². The van der Waals surface area contributed by atoms with Crippen molar-refractivity contribution in [3.05, 3.63) is 62.9 Å². The highest BCUT2D eigenvalue weighted by Gasteiger charge is 2.15. The van der Waals surface area contributed by atoms with Crippen LogP contribution in [0.1, 0.15) is 18.3 Å². The van der Waals surface area contributed by atoms with Gasteiger partial charge in [0.05, 0.1) is 26.5 Å². The summed E-state index contributed by atoms with van der Waals surface area (Å²) < 4.78 is 7.73. The summed E-state index contributed by atoms with van der Waals surface area (Å²) in [5.74, 6) is 1.35. The van der Waals surface area contributed by atoms with E-state index in [2.05, 4.69) is 15.5 Å².